The lowest BCUT2D eigenvalue weighted by Gasteiger charge is -2.33. The summed E-state index contributed by atoms with van der Waals surface area (Å²) in [6, 6.07) is 4.32. The number of carbonyl (C=O) groups excluding carboxylic acids is 8. The van der Waals surface area contributed by atoms with Crippen LogP contribution in [0.5, 0.6) is 23.5 Å². The van der Waals surface area contributed by atoms with Gasteiger partial charge in [0.05, 0.1) is 84.0 Å². The summed E-state index contributed by atoms with van der Waals surface area (Å²) in [6.45, 7) is -2.57. The van der Waals surface area contributed by atoms with E-state index in [0.717, 1.165) is 24.3 Å². The second-order valence-electron chi connectivity index (χ2n) is 12.4. The molecule has 2 aliphatic heterocycles. The molecule has 57 heavy (non-hydrogen) atoms. The Balaban J connectivity index is 1.39. The molecule has 2 aromatic heterocycles. The van der Waals surface area contributed by atoms with Crippen LogP contribution in [0.1, 0.15) is 51.4 Å². The molecule has 2 aliphatic rings. The highest BCUT2D eigenvalue weighted by atomic mass is 16.7. The maximum atomic E-state index is 12.4. The summed E-state index contributed by atoms with van der Waals surface area (Å²) in [6.07, 6.45) is -2.09. The number of carbonyl (C=O) groups is 8. The zero-order chi connectivity index (χ0) is 41.5. The van der Waals surface area contributed by atoms with Crippen LogP contribution in [0.25, 0.3) is 0 Å². The first-order valence-corrected chi connectivity index (χ1v) is 17.2. The molecule has 4 rings (SSSR count). The maximum absolute atomic E-state index is 12.4. The van der Waals surface area contributed by atoms with Gasteiger partial charge in [0.25, 0.3) is 23.6 Å². The normalized spacial score (nSPS) is 14.4. The number of nitrogens with zero attached hydrogens (tertiary/aromatic N) is 4. The van der Waals surface area contributed by atoms with Crippen LogP contribution in [0, 0.1) is 5.41 Å². The van der Waals surface area contributed by atoms with Crippen molar-refractivity contribution in [3.05, 3.63) is 24.3 Å². The number of rotatable bonds is 24. The quantitative estimate of drug-likeness (QED) is 0.0696. The Morgan fingerprint density at radius 1 is 0.456 bits per heavy atom. The van der Waals surface area contributed by atoms with Gasteiger partial charge in [0.1, 0.15) is 0 Å². The van der Waals surface area contributed by atoms with Gasteiger partial charge in [-0.15, -0.1) is 19.6 Å². The molecule has 0 atom stereocenters. The van der Waals surface area contributed by atoms with Gasteiger partial charge < -0.3 is 58.7 Å². The highest BCUT2D eigenvalue weighted by Gasteiger charge is 2.36. The average molecular weight is 813 g/mol. The highest BCUT2D eigenvalue weighted by molar-refractivity contribution is 6.02. The maximum Gasteiger partial charge on any atom is 0.335 e. The Hall–Kier alpha value is -6.24. The molecule has 2 fully saturated rings. The van der Waals surface area contributed by atoms with Gasteiger partial charge in [-0.05, 0) is 0 Å². The molecule has 0 aliphatic carbocycles. The third kappa shape index (κ3) is 12.9. The number of hydrogen-bond acceptors (Lipinski definition) is 20. The molecule has 0 spiro atoms. The Morgan fingerprint density at radius 2 is 0.702 bits per heavy atom. The summed E-state index contributed by atoms with van der Waals surface area (Å²) in [5.41, 5.74) is -1.35. The first kappa shape index (κ1) is 43.5. The van der Waals surface area contributed by atoms with Crippen molar-refractivity contribution in [3.63, 3.8) is 0 Å². The van der Waals surface area contributed by atoms with Gasteiger partial charge >= 0.3 is 23.9 Å². The average Bonchev–Trinajstić information content (AvgIpc) is 3.88. The zero-order valence-corrected chi connectivity index (χ0v) is 30.2. The van der Waals surface area contributed by atoms with Crippen LogP contribution in [0.2, 0.25) is 0 Å². The minimum absolute atomic E-state index is 0.110. The van der Waals surface area contributed by atoms with Crippen LogP contribution >= 0.6 is 0 Å². The Labute approximate surface area is 321 Å². The molecular weight excluding hydrogens is 772 g/mol. The van der Waals surface area contributed by atoms with Crippen LogP contribution in [-0.4, -0.2) is 140 Å². The smallest absolute Gasteiger partial charge is 0.335 e. The van der Waals surface area contributed by atoms with Crippen molar-refractivity contribution in [3.8, 4) is 23.5 Å². The van der Waals surface area contributed by atoms with Gasteiger partial charge in [-0.1, -0.05) is 0 Å². The van der Waals surface area contributed by atoms with Crippen molar-refractivity contribution in [2.45, 2.75) is 51.4 Å². The van der Waals surface area contributed by atoms with Crippen LogP contribution < -0.4 is 9.68 Å². The van der Waals surface area contributed by atoms with E-state index in [-0.39, 0.29) is 78.5 Å². The molecule has 0 unspecified atom stereocenters. The largest absolute Gasteiger partial charge is 0.492 e. The SMILES string of the molecule is O=C(CCOCC(COCCC(=O)ON1C(=O)CCC1=O)(COCCC(=O)On1c(O)ccc1O)COCCC(=O)On1c(O)ccc1O)ON1C(=O)CCC1=O. The second kappa shape index (κ2) is 20.6. The Kier molecular flexibility index (Phi) is 15.7. The van der Waals surface area contributed by atoms with Gasteiger partial charge in [-0.2, -0.15) is 0 Å². The number of aromatic hydroxyl groups is 4. The van der Waals surface area contributed by atoms with E-state index in [1.807, 2.05) is 0 Å². The molecule has 24 nitrogen and oxygen atoms in total. The van der Waals surface area contributed by atoms with Crippen LogP contribution in [-0.2, 0) is 67.0 Å². The number of hydroxylamine groups is 4. The molecule has 4 N–H and O–H groups in total. The fraction of sp³-hybridized carbons (Fsp3) is 0.515. The first-order chi connectivity index (χ1) is 27.2. The lowest BCUT2D eigenvalue weighted by Crippen LogP contribution is -2.42. The van der Waals surface area contributed by atoms with E-state index in [4.69, 9.17) is 38.3 Å². The molecule has 0 saturated carbocycles. The van der Waals surface area contributed by atoms with E-state index in [1.165, 1.54) is 0 Å². The second-order valence-corrected chi connectivity index (χ2v) is 12.4. The minimum atomic E-state index is -1.35. The van der Waals surface area contributed by atoms with Crippen molar-refractivity contribution < 1.29 is 97.1 Å². The molecule has 2 saturated heterocycles. The number of ether oxygens (including phenoxy) is 4. The fourth-order valence-corrected chi connectivity index (χ4v) is 4.92. The van der Waals surface area contributed by atoms with Crippen LogP contribution in [0.3, 0.4) is 0 Å². The van der Waals surface area contributed by atoms with Gasteiger partial charge in [0, 0.05) is 49.9 Å². The van der Waals surface area contributed by atoms with Gasteiger partial charge in [0.15, 0.2) is 0 Å². The number of amides is 4. The molecule has 4 heterocycles. The van der Waals surface area contributed by atoms with E-state index in [1.54, 1.807) is 0 Å². The predicted molar refractivity (Wildman–Crippen MR) is 177 cm³/mol. The lowest BCUT2D eigenvalue weighted by molar-refractivity contribution is -0.198. The lowest BCUT2D eigenvalue weighted by atomic mass is 9.92. The standard InChI is InChI=1S/C33H40N4O20/c38-21-1-2-22(39)34(21)54-29(46)9-13-50-17-33(18-51-14-10-30(47)55-35-23(40)3-4-24(35)41,19-52-15-11-31(48)56-36-25(42)5-6-26(36)43)20-53-16-12-32(49)57-37-27(44)7-8-28(37)45/h1-4,38-41H,5-20H2. The summed E-state index contributed by atoms with van der Waals surface area (Å²) in [7, 11) is 0. The number of aromatic nitrogens is 2. The van der Waals surface area contributed by atoms with Gasteiger partial charge in [-0.25, -0.2) is 19.2 Å². The minimum Gasteiger partial charge on any atom is -0.492 e. The fourth-order valence-electron chi connectivity index (χ4n) is 4.92. The molecule has 0 radical (unpaired) electrons. The van der Waals surface area contributed by atoms with E-state index in [9.17, 15) is 58.8 Å². The van der Waals surface area contributed by atoms with E-state index in [2.05, 4.69) is 0 Å². The van der Waals surface area contributed by atoms with Crippen molar-refractivity contribution in [1.29, 1.82) is 0 Å². The molecule has 24 heteroatoms. The van der Waals surface area contributed by atoms with Crippen molar-refractivity contribution in [2.75, 3.05) is 52.9 Å². The highest BCUT2D eigenvalue weighted by Crippen LogP contribution is 2.23. The molecule has 0 aromatic carbocycles. The van der Waals surface area contributed by atoms with E-state index in [0.29, 0.717) is 19.6 Å². The predicted octanol–water partition coefficient (Wildman–Crippen LogP) is -1.45. The summed E-state index contributed by atoms with van der Waals surface area (Å²) >= 11 is 0. The molecular formula is C33H40N4O20. The topological polar surface area (TPSA) is 308 Å². The first-order valence-electron chi connectivity index (χ1n) is 17.2. The molecule has 2 aromatic rings. The summed E-state index contributed by atoms with van der Waals surface area (Å²) < 4.78 is 23.9. The van der Waals surface area contributed by atoms with Crippen molar-refractivity contribution >= 4 is 47.5 Å². The van der Waals surface area contributed by atoms with Crippen LogP contribution in [0.15, 0.2) is 24.3 Å². The Morgan fingerprint density at radius 3 is 0.965 bits per heavy atom. The molecule has 312 valence electrons. The summed E-state index contributed by atoms with van der Waals surface area (Å²) in [5.74, 6) is -8.71. The third-order valence-electron chi connectivity index (χ3n) is 7.81. The number of imide groups is 2. The van der Waals surface area contributed by atoms with Crippen molar-refractivity contribution in [1.82, 2.24) is 19.6 Å². The molecule has 0 bridgehead atoms. The van der Waals surface area contributed by atoms with Crippen LogP contribution in [0.4, 0.5) is 0 Å². The van der Waals surface area contributed by atoms with E-state index < -0.39 is 102 Å². The van der Waals surface area contributed by atoms with E-state index >= 15 is 0 Å². The third-order valence-corrected chi connectivity index (χ3v) is 7.81. The van der Waals surface area contributed by atoms with Gasteiger partial charge in [-0.3, -0.25) is 19.2 Å². The Bertz CT molecular complexity index is 1600. The summed E-state index contributed by atoms with van der Waals surface area (Å²) in [5, 5.41) is 39.6. The monoisotopic (exact) mass is 812 g/mol. The molecule has 4 amide bonds. The summed E-state index contributed by atoms with van der Waals surface area (Å²) in [4.78, 5) is 116. The zero-order valence-electron chi connectivity index (χ0n) is 30.2. The van der Waals surface area contributed by atoms with Gasteiger partial charge in [0.2, 0.25) is 23.5 Å². The number of hydrogen-bond donors (Lipinski definition) is 4. The van der Waals surface area contributed by atoms with Crippen molar-refractivity contribution in [2.24, 2.45) is 5.41 Å².